The molecular weight excluding hydrogens is 216 g/mol. The molecule has 0 aromatic carbocycles. The van der Waals surface area contributed by atoms with Crippen LogP contribution in [0, 0.1) is 11.8 Å². The first-order valence-corrected chi connectivity index (χ1v) is 4.87. The molecule has 2 amide bonds. The normalized spacial score (nSPS) is 34.8. The zero-order chi connectivity index (χ0) is 11.7. The van der Waals surface area contributed by atoms with Crippen molar-refractivity contribution in [3.8, 4) is 0 Å². The molecule has 4 atom stereocenters. The summed E-state index contributed by atoms with van der Waals surface area (Å²) in [6.45, 7) is 0. The Morgan fingerprint density at radius 2 is 1.81 bits per heavy atom. The summed E-state index contributed by atoms with van der Waals surface area (Å²) in [5.41, 5.74) is 6.31. The molecule has 7 heteroatoms. The van der Waals surface area contributed by atoms with Crippen LogP contribution in [-0.2, 0) is 9.47 Å². The molecule has 0 aliphatic heterocycles. The Hall–Kier alpha value is -1.76. The molecule has 2 aliphatic carbocycles. The average Bonchev–Trinajstić information content (AvgIpc) is 2.80. The number of hydroxylamine groups is 1. The lowest BCUT2D eigenvalue weighted by Gasteiger charge is -2.26. The van der Waals surface area contributed by atoms with Gasteiger partial charge in [0, 0.05) is 11.8 Å². The minimum absolute atomic E-state index is 0.00616. The molecule has 0 heterocycles. The van der Waals surface area contributed by atoms with Gasteiger partial charge in [0.05, 0.1) is 0 Å². The summed E-state index contributed by atoms with van der Waals surface area (Å²) in [6.07, 6.45) is 1.55. The Balaban J connectivity index is 2.06. The molecule has 1 fully saturated rings. The lowest BCUT2D eigenvalue weighted by atomic mass is 10.0. The maximum absolute atomic E-state index is 10.9. The maximum atomic E-state index is 10.9. The summed E-state index contributed by atoms with van der Waals surface area (Å²) >= 11 is 0. The van der Waals surface area contributed by atoms with Gasteiger partial charge in [-0.1, -0.05) is 12.2 Å². The molecule has 2 aliphatic rings. The zero-order valence-corrected chi connectivity index (χ0v) is 8.33. The second-order valence-corrected chi connectivity index (χ2v) is 3.83. The van der Waals surface area contributed by atoms with Crippen molar-refractivity contribution in [3.05, 3.63) is 12.2 Å². The van der Waals surface area contributed by atoms with Gasteiger partial charge in [0.25, 0.3) is 0 Å². The number of hydrogen-bond acceptors (Lipinski definition) is 5. The molecule has 0 saturated heterocycles. The summed E-state index contributed by atoms with van der Waals surface area (Å²) in [4.78, 5) is 21.6. The molecular formula is C9H12N2O5. The number of amides is 2. The minimum Gasteiger partial charge on any atom is -0.442 e. The van der Waals surface area contributed by atoms with Crippen LogP contribution in [0.25, 0.3) is 0 Å². The molecule has 2 bridgehead atoms. The molecule has 7 nitrogen and oxygen atoms in total. The number of carbonyl (C=O) groups excluding carboxylic acids is 2. The van der Waals surface area contributed by atoms with Gasteiger partial charge in [-0.3, -0.25) is 5.21 Å². The Morgan fingerprint density at radius 3 is 2.31 bits per heavy atom. The fourth-order valence-corrected chi connectivity index (χ4v) is 2.32. The van der Waals surface area contributed by atoms with Gasteiger partial charge in [0.1, 0.15) is 12.2 Å². The minimum atomic E-state index is -0.968. The predicted octanol–water partition coefficient (Wildman–Crippen LogP) is 0.140. The highest BCUT2D eigenvalue weighted by atomic mass is 16.6. The van der Waals surface area contributed by atoms with Crippen LogP contribution in [0.3, 0.4) is 0 Å². The molecule has 4 unspecified atom stereocenters. The second kappa shape index (κ2) is 4.01. The van der Waals surface area contributed by atoms with Gasteiger partial charge in [0.15, 0.2) is 0 Å². The van der Waals surface area contributed by atoms with Crippen molar-refractivity contribution < 1.29 is 24.3 Å². The number of rotatable bonds is 2. The van der Waals surface area contributed by atoms with Crippen LogP contribution in [0.1, 0.15) is 6.42 Å². The quantitative estimate of drug-likeness (QED) is 0.353. The van der Waals surface area contributed by atoms with Gasteiger partial charge in [0.2, 0.25) is 0 Å². The maximum Gasteiger partial charge on any atom is 0.431 e. The van der Waals surface area contributed by atoms with Crippen molar-refractivity contribution in [1.29, 1.82) is 0 Å². The number of hydrogen-bond donors (Lipinski definition) is 3. The lowest BCUT2D eigenvalue weighted by Crippen LogP contribution is -2.41. The van der Waals surface area contributed by atoms with Crippen LogP contribution < -0.4 is 11.2 Å². The van der Waals surface area contributed by atoms with E-state index in [0.717, 1.165) is 6.42 Å². The van der Waals surface area contributed by atoms with Gasteiger partial charge >= 0.3 is 12.2 Å². The number of nitrogens with two attached hydrogens (primary N) is 1. The van der Waals surface area contributed by atoms with E-state index >= 15 is 0 Å². The van der Waals surface area contributed by atoms with E-state index in [1.54, 1.807) is 0 Å². The molecule has 16 heavy (non-hydrogen) atoms. The number of nitrogens with one attached hydrogen (secondary N) is 1. The van der Waals surface area contributed by atoms with E-state index < -0.39 is 24.4 Å². The lowest BCUT2D eigenvalue weighted by molar-refractivity contribution is -0.0225. The molecule has 0 radical (unpaired) electrons. The van der Waals surface area contributed by atoms with Crippen molar-refractivity contribution in [2.24, 2.45) is 17.6 Å². The van der Waals surface area contributed by atoms with E-state index in [1.807, 2.05) is 12.2 Å². The molecule has 0 aromatic rings. The largest absolute Gasteiger partial charge is 0.442 e. The number of carbonyl (C=O) groups is 2. The molecule has 88 valence electrons. The van der Waals surface area contributed by atoms with Gasteiger partial charge < -0.3 is 15.2 Å². The fourth-order valence-electron chi connectivity index (χ4n) is 2.32. The van der Waals surface area contributed by atoms with Crippen LogP contribution in [0.4, 0.5) is 9.59 Å². The van der Waals surface area contributed by atoms with Crippen LogP contribution in [0.2, 0.25) is 0 Å². The summed E-state index contributed by atoms with van der Waals surface area (Å²) < 4.78 is 9.83. The van der Waals surface area contributed by atoms with E-state index in [1.165, 1.54) is 5.48 Å². The highest BCUT2D eigenvalue weighted by Crippen LogP contribution is 2.42. The standard InChI is InChI=1S/C9H12N2O5/c10-8(12)15-6-4-1-2-5(3-4)7(6)16-9(13)11-14/h1-2,4-7,14H,3H2,(H2,10,12)(H,11,13). The van der Waals surface area contributed by atoms with Crippen molar-refractivity contribution in [1.82, 2.24) is 5.48 Å². The van der Waals surface area contributed by atoms with Gasteiger partial charge in [-0.15, -0.1) is 0 Å². The third-order valence-corrected chi connectivity index (χ3v) is 2.90. The highest BCUT2D eigenvalue weighted by molar-refractivity contribution is 5.67. The zero-order valence-electron chi connectivity index (χ0n) is 8.33. The average molecular weight is 228 g/mol. The Bertz CT molecular complexity index is 343. The summed E-state index contributed by atoms with van der Waals surface area (Å²) in [7, 11) is 0. The van der Waals surface area contributed by atoms with E-state index in [0.29, 0.717) is 0 Å². The van der Waals surface area contributed by atoms with Crippen molar-refractivity contribution >= 4 is 12.2 Å². The van der Waals surface area contributed by atoms with Gasteiger partial charge in [-0.2, -0.15) is 0 Å². The third kappa shape index (κ3) is 1.81. The smallest absolute Gasteiger partial charge is 0.431 e. The van der Waals surface area contributed by atoms with E-state index in [9.17, 15) is 9.59 Å². The fraction of sp³-hybridized carbons (Fsp3) is 0.556. The first kappa shape index (κ1) is 10.7. The number of ether oxygens (including phenoxy) is 2. The third-order valence-electron chi connectivity index (χ3n) is 2.90. The van der Waals surface area contributed by atoms with Crippen molar-refractivity contribution in [2.45, 2.75) is 18.6 Å². The molecule has 0 aromatic heterocycles. The first-order chi connectivity index (χ1) is 7.61. The number of primary amides is 1. The van der Waals surface area contributed by atoms with Crippen LogP contribution in [0.15, 0.2) is 12.2 Å². The van der Waals surface area contributed by atoms with Crippen molar-refractivity contribution in [3.63, 3.8) is 0 Å². The highest BCUT2D eigenvalue weighted by Gasteiger charge is 2.49. The van der Waals surface area contributed by atoms with E-state index in [4.69, 9.17) is 20.4 Å². The molecule has 2 rings (SSSR count). The molecule has 4 N–H and O–H groups in total. The summed E-state index contributed by atoms with van der Waals surface area (Å²) in [6, 6.07) is 0. The summed E-state index contributed by atoms with van der Waals surface area (Å²) in [5, 5.41) is 8.36. The molecule has 1 saturated carbocycles. The van der Waals surface area contributed by atoms with Crippen LogP contribution in [0.5, 0.6) is 0 Å². The topological polar surface area (TPSA) is 111 Å². The van der Waals surface area contributed by atoms with Crippen LogP contribution in [-0.4, -0.2) is 29.6 Å². The predicted molar refractivity (Wildman–Crippen MR) is 50.4 cm³/mol. The Kier molecular flexibility index (Phi) is 2.69. The van der Waals surface area contributed by atoms with Crippen molar-refractivity contribution in [2.75, 3.05) is 0 Å². The summed E-state index contributed by atoms with van der Waals surface area (Å²) in [5.74, 6) is 0.0284. The Morgan fingerprint density at radius 1 is 1.25 bits per heavy atom. The van der Waals surface area contributed by atoms with Gasteiger partial charge in [-0.05, 0) is 6.42 Å². The second-order valence-electron chi connectivity index (χ2n) is 3.83. The van der Waals surface area contributed by atoms with Crippen LogP contribution >= 0.6 is 0 Å². The van der Waals surface area contributed by atoms with E-state index in [2.05, 4.69) is 0 Å². The molecule has 0 spiro atoms. The van der Waals surface area contributed by atoms with Gasteiger partial charge in [-0.25, -0.2) is 15.1 Å². The SMILES string of the molecule is NC(=O)OC1C2C=CC(C2)C1OC(=O)NO. The first-order valence-electron chi connectivity index (χ1n) is 4.87. The Labute approximate surface area is 91.1 Å². The monoisotopic (exact) mass is 228 g/mol. The van der Waals surface area contributed by atoms with E-state index in [-0.39, 0.29) is 11.8 Å². The number of fused-ring (bicyclic) bond motifs is 2.